The minimum absolute atomic E-state index is 0.106. The van der Waals surface area contributed by atoms with Crippen LogP contribution >= 0.6 is 0 Å². The Hall–Kier alpha value is -1.67. The molecule has 21 heavy (non-hydrogen) atoms. The van der Waals surface area contributed by atoms with E-state index < -0.39 is 17.7 Å². The summed E-state index contributed by atoms with van der Waals surface area (Å²) in [5, 5.41) is 9.16. The van der Waals surface area contributed by atoms with E-state index in [1.165, 1.54) is 0 Å². The molecule has 8 nitrogen and oxygen atoms in total. The first-order chi connectivity index (χ1) is 9.85. The molecule has 8 heteroatoms. The lowest BCUT2D eigenvalue weighted by Crippen LogP contribution is -2.34. The van der Waals surface area contributed by atoms with Gasteiger partial charge in [0, 0.05) is 6.54 Å². The summed E-state index contributed by atoms with van der Waals surface area (Å²) in [7, 11) is 0. The second kappa shape index (κ2) is 11.0. The maximum atomic E-state index is 11.3. The molecule has 0 bridgehead atoms. The monoisotopic (exact) mass is 304 g/mol. The van der Waals surface area contributed by atoms with Crippen LogP contribution in [-0.2, 0) is 23.7 Å². The van der Waals surface area contributed by atoms with Gasteiger partial charge in [0.2, 0.25) is 0 Å². The van der Waals surface area contributed by atoms with Gasteiger partial charge in [0.05, 0.1) is 26.4 Å². The third-order valence-electron chi connectivity index (χ3n) is 1.88. The highest BCUT2D eigenvalue weighted by atomic mass is 16.6. The first-order valence-electron chi connectivity index (χ1n) is 6.64. The number of rotatable bonds is 10. The molecule has 0 radical (unpaired) electrons. The summed E-state index contributed by atoms with van der Waals surface area (Å²) in [4.78, 5) is 21.8. The van der Waals surface area contributed by atoms with E-state index >= 15 is 0 Å². The fourth-order valence-electron chi connectivity index (χ4n) is 1.10. The Labute approximate surface area is 124 Å². The van der Waals surface area contributed by atoms with Crippen molar-refractivity contribution < 1.29 is 28.5 Å². The second-order valence-electron chi connectivity index (χ2n) is 4.97. The zero-order valence-corrected chi connectivity index (χ0v) is 12.8. The van der Waals surface area contributed by atoms with Crippen molar-refractivity contribution in [3.05, 3.63) is 0 Å². The van der Waals surface area contributed by atoms with Crippen LogP contribution in [0.25, 0.3) is 0 Å². The molecule has 0 spiro atoms. The number of alkyl carbamates (subject to hydrolysis) is 1. The van der Waals surface area contributed by atoms with Gasteiger partial charge < -0.3 is 29.7 Å². The Morgan fingerprint density at radius 3 is 2.19 bits per heavy atom. The summed E-state index contributed by atoms with van der Waals surface area (Å²) >= 11 is 0. The molecule has 0 saturated heterocycles. The van der Waals surface area contributed by atoms with E-state index in [2.05, 4.69) is 10.1 Å². The number of carbonyl (C=O) groups is 2. The highest BCUT2D eigenvalue weighted by Gasteiger charge is 2.15. The molecule has 0 atom stereocenters. The molecule has 0 aromatic heterocycles. The Morgan fingerprint density at radius 2 is 1.62 bits per heavy atom. The van der Waals surface area contributed by atoms with Gasteiger partial charge in [0.1, 0.15) is 18.4 Å². The highest BCUT2D eigenvalue weighted by Crippen LogP contribution is 2.05. The first kappa shape index (κ1) is 19.3. The zero-order valence-electron chi connectivity index (χ0n) is 12.8. The number of nitrogens with one attached hydrogen (secondary N) is 2. The molecule has 0 saturated carbocycles. The lowest BCUT2D eigenvalue weighted by atomic mass is 10.2. The predicted octanol–water partition coefficient (Wildman–Crippen LogP) is 0.737. The maximum Gasteiger partial charge on any atom is 0.407 e. The summed E-state index contributed by atoms with van der Waals surface area (Å²) in [5.41, 5.74) is -0.514. The van der Waals surface area contributed by atoms with Crippen LogP contribution in [0.2, 0.25) is 0 Å². The van der Waals surface area contributed by atoms with Crippen molar-refractivity contribution in [3.8, 4) is 0 Å². The minimum atomic E-state index is -0.692. The summed E-state index contributed by atoms with van der Waals surface area (Å²) < 4.78 is 20.0. The smallest absolute Gasteiger partial charge is 0.407 e. The summed E-state index contributed by atoms with van der Waals surface area (Å²) in [6.07, 6.45) is 0.121. The summed E-state index contributed by atoms with van der Waals surface area (Å²) in [6.45, 7) is 7.16. The third kappa shape index (κ3) is 14.5. The highest BCUT2D eigenvalue weighted by molar-refractivity contribution is 6.21. The molecule has 0 aliphatic rings. The normalized spacial score (nSPS) is 10.8. The van der Waals surface area contributed by atoms with Crippen molar-refractivity contribution in [3.63, 3.8) is 0 Å². The Morgan fingerprint density at radius 1 is 1.05 bits per heavy atom. The number of carbonyl (C=O) groups excluding carboxylic acids is 2. The number of esters is 1. The number of amides is 1. The van der Waals surface area contributed by atoms with E-state index in [0.29, 0.717) is 32.6 Å². The molecule has 0 unspecified atom stereocenters. The van der Waals surface area contributed by atoms with Crippen molar-refractivity contribution in [1.29, 1.82) is 5.41 Å². The van der Waals surface area contributed by atoms with Crippen molar-refractivity contribution >= 4 is 18.3 Å². The third-order valence-corrected chi connectivity index (χ3v) is 1.88. The van der Waals surface area contributed by atoms with E-state index in [1.807, 2.05) is 0 Å². The molecule has 0 aromatic rings. The predicted molar refractivity (Wildman–Crippen MR) is 75.6 cm³/mol. The molecular weight excluding hydrogens is 280 g/mol. The molecule has 2 N–H and O–H groups in total. The topological polar surface area (TPSA) is 107 Å². The molecule has 0 aliphatic heterocycles. The van der Waals surface area contributed by atoms with Gasteiger partial charge in [-0.2, -0.15) is 0 Å². The van der Waals surface area contributed by atoms with Gasteiger partial charge in [-0.05, 0) is 20.8 Å². The average Bonchev–Trinajstić information content (AvgIpc) is 2.38. The van der Waals surface area contributed by atoms with E-state index in [-0.39, 0.29) is 13.2 Å². The van der Waals surface area contributed by atoms with Crippen molar-refractivity contribution in [2.24, 2.45) is 0 Å². The molecule has 122 valence electrons. The average molecular weight is 304 g/mol. The van der Waals surface area contributed by atoms with Gasteiger partial charge in [0.15, 0.2) is 0 Å². The van der Waals surface area contributed by atoms with Crippen LogP contribution in [-0.4, -0.2) is 63.5 Å². The number of hydrogen-bond donors (Lipinski definition) is 2. The van der Waals surface area contributed by atoms with Crippen LogP contribution in [0.5, 0.6) is 0 Å². The van der Waals surface area contributed by atoms with Crippen LogP contribution in [0, 0.1) is 5.41 Å². The van der Waals surface area contributed by atoms with E-state index in [4.69, 9.17) is 19.6 Å². The molecule has 0 heterocycles. The van der Waals surface area contributed by atoms with Crippen molar-refractivity contribution in [2.75, 3.05) is 39.6 Å². The van der Waals surface area contributed by atoms with Gasteiger partial charge >= 0.3 is 12.1 Å². The Balaban J connectivity index is 3.28. The molecule has 1 amide bonds. The summed E-state index contributed by atoms with van der Waals surface area (Å²) in [5.74, 6) is -0.692. The van der Waals surface area contributed by atoms with Gasteiger partial charge in [-0.3, -0.25) is 0 Å². The Bertz CT molecular complexity index is 327. The van der Waals surface area contributed by atoms with Crippen LogP contribution in [0.3, 0.4) is 0 Å². The lowest BCUT2D eigenvalue weighted by molar-refractivity contribution is -0.136. The van der Waals surface area contributed by atoms with Gasteiger partial charge in [-0.15, -0.1) is 0 Å². The molecule has 0 aromatic carbocycles. The zero-order chi connectivity index (χ0) is 16.1. The van der Waals surface area contributed by atoms with E-state index in [9.17, 15) is 9.59 Å². The lowest BCUT2D eigenvalue weighted by Gasteiger charge is -2.19. The molecular formula is C13H24N2O6. The van der Waals surface area contributed by atoms with Crippen LogP contribution < -0.4 is 5.32 Å². The molecule has 0 rings (SSSR count). The van der Waals surface area contributed by atoms with Crippen LogP contribution in [0.4, 0.5) is 4.79 Å². The first-order valence-corrected chi connectivity index (χ1v) is 6.64. The SMILES string of the molecule is CC(C)(C)OC(=O)NCCOCCOCCOC(=O)C=N. The largest absolute Gasteiger partial charge is 0.459 e. The van der Waals surface area contributed by atoms with Gasteiger partial charge in [-0.1, -0.05) is 0 Å². The van der Waals surface area contributed by atoms with Gasteiger partial charge in [0.25, 0.3) is 0 Å². The standard InChI is InChI=1S/C13H24N2O6/c1-13(2,3)21-12(17)15-4-5-18-6-7-19-8-9-20-11(16)10-14/h10,14H,4-9H2,1-3H3,(H,15,17). The molecule has 0 fully saturated rings. The van der Waals surface area contributed by atoms with Crippen LogP contribution in [0.1, 0.15) is 20.8 Å². The maximum absolute atomic E-state index is 11.3. The van der Waals surface area contributed by atoms with Crippen molar-refractivity contribution in [1.82, 2.24) is 5.32 Å². The minimum Gasteiger partial charge on any atom is -0.459 e. The van der Waals surface area contributed by atoms with E-state index in [1.54, 1.807) is 20.8 Å². The van der Waals surface area contributed by atoms with Crippen molar-refractivity contribution in [2.45, 2.75) is 26.4 Å². The van der Waals surface area contributed by atoms with E-state index in [0.717, 1.165) is 0 Å². The van der Waals surface area contributed by atoms with Crippen LogP contribution in [0.15, 0.2) is 0 Å². The van der Waals surface area contributed by atoms with Gasteiger partial charge in [-0.25, -0.2) is 9.59 Å². The summed E-state index contributed by atoms with van der Waals surface area (Å²) in [6, 6.07) is 0. The Kier molecular flexibility index (Phi) is 10.2. The second-order valence-corrected chi connectivity index (χ2v) is 4.97. The number of ether oxygens (including phenoxy) is 4. The number of hydrogen-bond acceptors (Lipinski definition) is 7. The molecule has 0 aliphatic carbocycles. The fraction of sp³-hybridized carbons (Fsp3) is 0.769. The fourth-order valence-corrected chi connectivity index (χ4v) is 1.10. The quantitative estimate of drug-likeness (QED) is 0.350.